The van der Waals surface area contributed by atoms with Gasteiger partial charge in [-0.1, -0.05) is 48.5 Å². The van der Waals surface area contributed by atoms with Gasteiger partial charge in [0, 0.05) is 32.2 Å². The molecule has 0 spiro atoms. The van der Waals surface area contributed by atoms with Crippen molar-refractivity contribution >= 4 is 0 Å². The molecule has 0 bridgehead atoms. The van der Waals surface area contributed by atoms with Crippen LogP contribution in [0, 0.1) is 12.8 Å². The zero-order chi connectivity index (χ0) is 23.9. The molecule has 4 rings (SSSR count). The van der Waals surface area contributed by atoms with E-state index >= 15 is 0 Å². The first kappa shape index (κ1) is 24.2. The summed E-state index contributed by atoms with van der Waals surface area (Å²) < 4.78 is 13.7. The molecule has 1 heterocycles. The average molecular weight is 462 g/mol. The average Bonchev–Trinajstić information content (AvgIpc) is 3.59. The van der Waals surface area contributed by atoms with Crippen LogP contribution in [0.25, 0.3) is 11.3 Å². The fraction of sp³-hybridized carbons (Fsp3) is 0.393. The summed E-state index contributed by atoms with van der Waals surface area (Å²) in [5.41, 5.74) is 4.12. The zero-order valence-corrected chi connectivity index (χ0v) is 20.2. The van der Waals surface area contributed by atoms with Gasteiger partial charge in [0.15, 0.2) is 0 Å². The summed E-state index contributed by atoms with van der Waals surface area (Å²) in [5, 5.41) is 15.5. The predicted octanol–water partition coefficient (Wildman–Crippen LogP) is 4.96. The first-order valence-electron chi connectivity index (χ1n) is 12.0. The summed E-state index contributed by atoms with van der Waals surface area (Å²) in [7, 11) is 1.92. The standard InChI is InChI=1S/C28H35N3O3/c1-4-15-33-20-24(32)18-31(17-22-13-14-22)19-26-27(23-10-6-5-7-11-23)29-30(3)28(26)34-25-12-8-9-21(2)16-25/h4-12,16,22,24,32H,1,13-15,17-20H2,2-3H3/t24-/m1/s1. The minimum atomic E-state index is -0.573. The number of aromatic nitrogens is 2. The van der Waals surface area contributed by atoms with Gasteiger partial charge < -0.3 is 14.6 Å². The van der Waals surface area contributed by atoms with Gasteiger partial charge in [0.2, 0.25) is 5.88 Å². The topological polar surface area (TPSA) is 59.8 Å². The fourth-order valence-corrected chi connectivity index (χ4v) is 4.17. The Labute approximate surface area is 202 Å². The molecule has 1 fully saturated rings. The van der Waals surface area contributed by atoms with Gasteiger partial charge in [0.25, 0.3) is 0 Å². The lowest BCUT2D eigenvalue weighted by Gasteiger charge is -2.25. The van der Waals surface area contributed by atoms with Crippen LogP contribution in [0.15, 0.2) is 67.3 Å². The van der Waals surface area contributed by atoms with Gasteiger partial charge in [0.05, 0.1) is 24.9 Å². The minimum absolute atomic E-state index is 0.290. The molecule has 0 radical (unpaired) electrons. The van der Waals surface area contributed by atoms with E-state index in [9.17, 15) is 5.11 Å². The van der Waals surface area contributed by atoms with E-state index in [4.69, 9.17) is 14.6 Å². The van der Waals surface area contributed by atoms with Crippen molar-refractivity contribution in [2.24, 2.45) is 13.0 Å². The van der Waals surface area contributed by atoms with Crippen molar-refractivity contribution in [3.05, 3.63) is 78.4 Å². The Morgan fingerprint density at radius 2 is 2.00 bits per heavy atom. The fourth-order valence-electron chi connectivity index (χ4n) is 4.17. The van der Waals surface area contributed by atoms with Gasteiger partial charge in [-0.3, -0.25) is 4.90 Å². The Bertz CT molecular complexity index is 1080. The molecule has 0 amide bonds. The highest BCUT2D eigenvalue weighted by Gasteiger charge is 2.28. The number of nitrogens with zero attached hydrogens (tertiary/aromatic N) is 3. The number of aliphatic hydroxyl groups excluding tert-OH is 1. The number of hydrogen-bond acceptors (Lipinski definition) is 5. The summed E-state index contributed by atoms with van der Waals surface area (Å²) in [6.45, 7) is 8.55. The molecule has 0 aliphatic heterocycles. The summed E-state index contributed by atoms with van der Waals surface area (Å²) in [6.07, 6.45) is 3.61. The number of aryl methyl sites for hydroxylation is 2. The van der Waals surface area contributed by atoms with Crippen LogP contribution >= 0.6 is 0 Å². The number of hydrogen-bond donors (Lipinski definition) is 1. The van der Waals surface area contributed by atoms with Crippen LogP contribution in [0.5, 0.6) is 11.6 Å². The van der Waals surface area contributed by atoms with Crippen LogP contribution in [0.1, 0.15) is 24.0 Å². The highest BCUT2D eigenvalue weighted by atomic mass is 16.5. The molecule has 2 aromatic carbocycles. The Morgan fingerprint density at radius 1 is 1.21 bits per heavy atom. The van der Waals surface area contributed by atoms with Gasteiger partial charge in [-0.15, -0.1) is 6.58 Å². The monoisotopic (exact) mass is 461 g/mol. The molecule has 0 unspecified atom stereocenters. The molecule has 6 heteroatoms. The van der Waals surface area contributed by atoms with Crippen LogP contribution in [0.4, 0.5) is 0 Å². The van der Waals surface area contributed by atoms with E-state index in [0.29, 0.717) is 32.2 Å². The van der Waals surface area contributed by atoms with Crippen LogP contribution < -0.4 is 4.74 Å². The molecule has 1 aromatic heterocycles. The predicted molar refractivity (Wildman–Crippen MR) is 135 cm³/mol. The Hall–Kier alpha value is -2.93. The Morgan fingerprint density at radius 3 is 2.71 bits per heavy atom. The zero-order valence-electron chi connectivity index (χ0n) is 20.2. The summed E-state index contributed by atoms with van der Waals surface area (Å²) >= 11 is 0. The lowest BCUT2D eigenvalue weighted by atomic mass is 10.1. The van der Waals surface area contributed by atoms with E-state index in [1.807, 2.05) is 48.1 Å². The van der Waals surface area contributed by atoms with E-state index in [0.717, 1.165) is 40.6 Å². The number of rotatable bonds is 13. The molecule has 1 saturated carbocycles. The first-order valence-corrected chi connectivity index (χ1v) is 12.0. The van der Waals surface area contributed by atoms with E-state index in [1.54, 1.807) is 6.08 Å². The highest BCUT2D eigenvalue weighted by molar-refractivity contribution is 5.65. The normalized spacial score (nSPS) is 14.4. The van der Waals surface area contributed by atoms with E-state index in [2.05, 4.69) is 36.6 Å². The van der Waals surface area contributed by atoms with Crippen LogP contribution in [-0.2, 0) is 18.3 Å². The maximum atomic E-state index is 10.6. The summed E-state index contributed by atoms with van der Waals surface area (Å²) in [6, 6.07) is 18.3. The lowest BCUT2D eigenvalue weighted by molar-refractivity contribution is 0.0235. The van der Waals surface area contributed by atoms with Crippen LogP contribution in [0.3, 0.4) is 0 Å². The van der Waals surface area contributed by atoms with Gasteiger partial charge in [0.1, 0.15) is 11.4 Å². The Kier molecular flexibility index (Phi) is 8.16. The molecule has 1 aliphatic carbocycles. The maximum absolute atomic E-state index is 10.6. The van der Waals surface area contributed by atoms with Gasteiger partial charge >= 0.3 is 0 Å². The van der Waals surface area contributed by atoms with Crippen LogP contribution in [-0.4, -0.2) is 52.2 Å². The van der Waals surface area contributed by atoms with Gasteiger partial charge in [-0.25, -0.2) is 4.68 Å². The van der Waals surface area contributed by atoms with E-state index in [-0.39, 0.29) is 0 Å². The van der Waals surface area contributed by atoms with Crippen molar-refractivity contribution in [2.75, 3.05) is 26.3 Å². The van der Waals surface area contributed by atoms with Crippen molar-refractivity contribution < 1.29 is 14.6 Å². The van der Waals surface area contributed by atoms with E-state index < -0.39 is 6.10 Å². The van der Waals surface area contributed by atoms with Crippen molar-refractivity contribution in [3.8, 4) is 22.9 Å². The molecule has 1 aliphatic rings. The number of aliphatic hydroxyl groups is 1. The second kappa shape index (κ2) is 11.5. The summed E-state index contributed by atoms with van der Waals surface area (Å²) in [5.74, 6) is 2.19. The van der Waals surface area contributed by atoms with Crippen LogP contribution in [0.2, 0.25) is 0 Å². The molecule has 3 aromatic rings. The second-order valence-electron chi connectivity index (χ2n) is 9.16. The van der Waals surface area contributed by atoms with Gasteiger partial charge in [-0.05, 0) is 43.4 Å². The van der Waals surface area contributed by atoms with Crippen molar-refractivity contribution in [1.82, 2.24) is 14.7 Å². The summed E-state index contributed by atoms with van der Waals surface area (Å²) in [4.78, 5) is 2.31. The molecule has 1 N–H and O–H groups in total. The number of benzene rings is 2. The third kappa shape index (κ3) is 6.56. The third-order valence-electron chi connectivity index (χ3n) is 5.95. The van der Waals surface area contributed by atoms with E-state index in [1.165, 1.54) is 12.8 Å². The minimum Gasteiger partial charge on any atom is -0.439 e. The molecule has 180 valence electrons. The number of ether oxygens (including phenoxy) is 2. The van der Waals surface area contributed by atoms with Gasteiger partial charge in [-0.2, -0.15) is 5.10 Å². The molecule has 34 heavy (non-hydrogen) atoms. The SMILES string of the molecule is C=CCOC[C@H](O)CN(Cc1c(-c2ccccc2)nn(C)c1Oc1cccc(C)c1)CC1CC1. The third-order valence-corrected chi connectivity index (χ3v) is 5.95. The molecule has 0 saturated heterocycles. The first-order chi connectivity index (χ1) is 16.5. The second-order valence-corrected chi connectivity index (χ2v) is 9.16. The molecular formula is C28H35N3O3. The molecule has 1 atom stereocenters. The van der Waals surface area contributed by atoms with Crippen molar-refractivity contribution in [2.45, 2.75) is 32.4 Å². The highest BCUT2D eigenvalue weighted by Crippen LogP contribution is 2.36. The largest absolute Gasteiger partial charge is 0.439 e. The molecular weight excluding hydrogens is 426 g/mol. The smallest absolute Gasteiger partial charge is 0.222 e. The van der Waals surface area contributed by atoms with Crippen molar-refractivity contribution in [1.29, 1.82) is 0 Å². The molecule has 6 nitrogen and oxygen atoms in total. The van der Waals surface area contributed by atoms with Crippen molar-refractivity contribution in [3.63, 3.8) is 0 Å². The maximum Gasteiger partial charge on any atom is 0.222 e. The quantitative estimate of drug-likeness (QED) is 0.288. The lowest BCUT2D eigenvalue weighted by Crippen LogP contribution is -2.36. The Balaban J connectivity index is 1.64.